The molecular formula is C13H17N5O4S. The average Bonchev–Trinajstić information content (AvgIpc) is 2.89. The minimum Gasteiger partial charge on any atom is -0.377 e. The molecule has 9 nitrogen and oxygen atoms in total. The number of pyridine rings is 1. The van der Waals surface area contributed by atoms with Crippen molar-refractivity contribution < 1.29 is 17.9 Å². The predicted molar refractivity (Wildman–Crippen MR) is 81.1 cm³/mol. The number of aromatic nitrogens is 4. The average molecular weight is 339 g/mol. The van der Waals surface area contributed by atoms with Crippen LogP contribution in [0.4, 0.5) is 0 Å². The molecule has 1 aliphatic rings. The van der Waals surface area contributed by atoms with Gasteiger partial charge >= 0.3 is 0 Å². The highest BCUT2D eigenvalue weighted by Gasteiger charge is 2.25. The van der Waals surface area contributed by atoms with Gasteiger partial charge in [-0.15, -0.1) is 5.10 Å². The monoisotopic (exact) mass is 339 g/mol. The largest absolute Gasteiger partial charge is 0.377 e. The van der Waals surface area contributed by atoms with E-state index < -0.39 is 15.9 Å². The molecule has 1 saturated heterocycles. The molecule has 0 aliphatic carbocycles. The fourth-order valence-electron chi connectivity index (χ4n) is 2.54. The van der Waals surface area contributed by atoms with Gasteiger partial charge in [0.25, 0.3) is 5.91 Å². The molecule has 0 bridgehead atoms. The number of amides is 1. The van der Waals surface area contributed by atoms with Crippen LogP contribution in [0.2, 0.25) is 0 Å². The first-order chi connectivity index (χ1) is 11.0. The second kappa shape index (κ2) is 6.20. The minimum absolute atomic E-state index is 0.122. The molecule has 0 saturated carbocycles. The number of carbonyl (C=O) groups is 1. The fourth-order valence-corrected chi connectivity index (χ4v) is 3.77. The van der Waals surface area contributed by atoms with Gasteiger partial charge in [0.05, 0.1) is 17.4 Å². The Hall–Kier alpha value is -2.07. The van der Waals surface area contributed by atoms with Gasteiger partial charge in [0.15, 0.2) is 5.65 Å². The zero-order valence-electron chi connectivity index (χ0n) is 12.6. The Morgan fingerprint density at radius 1 is 1.48 bits per heavy atom. The second-order valence-corrected chi connectivity index (χ2v) is 7.21. The smallest absolute Gasteiger partial charge is 0.267 e. The van der Waals surface area contributed by atoms with Gasteiger partial charge in [0.2, 0.25) is 10.0 Å². The van der Waals surface area contributed by atoms with Crippen LogP contribution in [0, 0.1) is 0 Å². The van der Waals surface area contributed by atoms with Crippen LogP contribution < -0.4 is 4.72 Å². The van der Waals surface area contributed by atoms with Crippen LogP contribution in [-0.2, 0) is 21.8 Å². The van der Waals surface area contributed by atoms with E-state index in [1.54, 1.807) is 7.05 Å². The molecule has 1 unspecified atom stereocenters. The summed E-state index contributed by atoms with van der Waals surface area (Å²) in [6.07, 6.45) is 3.59. The molecule has 1 atom stereocenters. The molecule has 1 fully saturated rings. The zero-order chi connectivity index (χ0) is 16.4. The second-order valence-electron chi connectivity index (χ2n) is 5.44. The normalized spacial score (nSPS) is 18.9. The Balaban J connectivity index is 1.77. The van der Waals surface area contributed by atoms with Crippen molar-refractivity contribution in [2.75, 3.05) is 12.4 Å². The van der Waals surface area contributed by atoms with Gasteiger partial charge < -0.3 is 4.74 Å². The van der Waals surface area contributed by atoms with Gasteiger partial charge in [-0.25, -0.2) is 22.8 Å². The fraction of sp³-hybridized carbons (Fsp3) is 0.538. The standard InChI is InChI=1S/C13H17N5O4S/c1-18-12-11(15-17-18)10(5-6-14-12)13(19)16-23(20,21)8-9-4-2-3-7-22-9/h5-6,9H,2-4,7-8H2,1H3,(H,16,19). The summed E-state index contributed by atoms with van der Waals surface area (Å²) in [5.41, 5.74) is 0.790. The van der Waals surface area contributed by atoms with Crippen molar-refractivity contribution in [3.8, 4) is 0 Å². The first-order valence-electron chi connectivity index (χ1n) is 7.27. The molecule has 23 heavy (non-hydrogen) atoms. The van der Waals surface area contributed by atoms with Crippen molar-refractivity contribution in [1.82, 2.24) is 24.7 Å². The molecule has 0 aromatic carbocycles. The lowest BCUT2D eigenvalue weighted by molar-refractivity contribution is 0.0304. The Bertz CT molecular complexity index is 826. The molecule has 1 N–H and O–H groups in total. The third kappa shape index (κ3) is 3.48. The van der Waals surface area contributed by atoms with Crippen molar-refractivity contribution in [2.45, 2.75) is 25.4 Å². The molecule has 124 valence electrons. The maximum Gasteiger partial charge on any atom is 0.267 e. The Morgan fingerprint density at radius 2 is 2.30 bits per heavy atom. The molecule has 1 amide bonds. The number of nitrogens with one attached hydrogen (secondary N) is 1. The number of ether oxygens (including phenoxy) is 1. The molecule has 10 heteroatoms. The summed E-state index contributed by atoms with van der Waals surface area (Å²) < 4.78 is 33.2. The molecule has 2 aromatic heterocycles. The summed E-state index contributed by atoms with van der Waals surface area (Å²) in [6.45, 7) is 0.554. The number of carbonyl (C=O) groups excluding carboxylic acids is 1. The van der Waals surface area contributed by atoms with Gasteiger partial charge in [0, 0.05) is 19.9 Å². The van der Waals surface area contributed by atoms with Crippen molar-refractivity contribution in [3.63, 3.8) is 0 Å². The van der Waals surface area contributed by atoms with Crippen molar-refractivity contribution in [3.05, 3.63) is 17.8 Å². The SMILES string of the molecule is Cn1nnc2c(C(=O)NS(=O)(=O)CC3CCCCO3)ccnc21. The van der Waals surface area contributed by atoms with Crippen LogP contribution in [0.3, 0.4) is 0 Å². The van der Waals surface area contributed by atoms with Gasteiger partial charge in [-0.1, -0.05) is 5.21 Å². The Labute approximate surface area is 133 Å². The predicted octanol–water partition coefficient (Wildman–Crippen LogP) is -0.00800. The third-order valence-electron chi connectivity index (χ3n) is 3.66. The van der Waals surface area contributed by atoms with E-state index in [1.807, 2.05) is 0 Å². The highest BCUT2D eigenvalue weighted by molar-refractivity contribution is 7.90. The molecule has 0 radical (unpaired) electrons. The number of hydrogen-bond acceptors (Lipinski definition) is 7. The van der Waals surface area contributed by atoms with E-state index in [-0.39, 0.29) is 22.9 Å². The Kier molecular flexibility index (Phi) is 4.26. The summed E-state index contributed by atoms with van der Waals surface area (Å²) in [5, 5.41) is 7.64. The van der Waals surface area contributed by atoms with Crippen molar-refractivity contribution in [2.24, 2.45) is 7.05 Å². The van der Waals surface area contributed by atoms with Crippen LogP contribution in [0.25, 0.3) is 11.2 Å². The molecule has 2 aromatic rings. The topological polar surface area (TPSA) is 116 Å². The third-order valence-corrected chi connectivity index (χ3v) is 4.97. The summed E-state index contributed by atoms with van der Waals surface area (Å²) in [6, 6.07) is 1.42. The maximum absolute atomic E-state index is 12.3. The van der Waals surface area contributed by atoms with Gasteiger partial charge in [-0.3, -0.25) is 4.79 Å². The zero-order valence-corrected chi connectivity index (χ0v) is 13.4. The van der Waals surface area contributed by atoms with Gasteiger partial charge in [-0.2, -0.15) is 0 Å². The van der Waals surface area contributed by atoms with Gasteiger partial charge in [-0.05, 0) is 25.3 Å². The number of fused-ring (bicyclic) bond motifs is 1. The lowest BCUT2D eigenvalue weighted by atomic mass is 10.1. The van der Waals surface area contributed by atoms with Crippen molar-refractivity contribution in [1.29, 1.82) is 0 Å². The number of rotatable bonds is 4. The molecule has 0 spiro atoms. The molecule has 1 aliphatic heterocycles. The van der Waals surface area contributed by atoms with E-state index in [9.17, 15) is 13.2 Å². The number of aryl methyl sites for hydroxylation is 1. The lowest BCUT2D eigenvalue weighted by Crippen LogP contribution is -2.38. The first-order valence-corrected chi connectivity index (χ1v) is 8.92. The van der Waals surface area contributed by atoms with Gasteiger partial charge in [0.1, 0.15) is 5.52 Å². The van der Waals surface area contributed by atoms with E-state index in [0.29, 0.717) is 18.7 Å². The van der Waals surface area contributed by atoms with E-state index in [1.165, 1.54) is 16.9 Å². The number of hydrogen-bond donors (Lipinski definition) is 1. The summed E-state index contributed by atoms with van der Waals surface area (Å²) in [7, 11) is -2.15. The Morgan fingerprint density at radius 3 is 3.04 bits per heavy atom. The highest BCUT2D eigenvalue weighted by atomic mass is 32.2. The highest BCUT2D eigenvalue weighted by Crippen LogP contribution is 2.15. The number of nitrogens with zero attached hydrogens (tertiary/aromatic N) is 4. The van der Waals surface area contributed by atoms with Crippen LogP contribution >= 0.6 is 0 Å². The van der Waals surface area contributed by atoms with E-state index >= 15 is 0 Å². The summed E-state index contributed by atoms with van der Waals surface area (Å²) in [5.74, 6) is -0.971. The van der Waals surface area contributed by atoms with Crippen molar-refractivity contribution >= 4 is 27.1 Å². The summed E-state index contributed by atoms with van der Waals surface area (Å²) in [4.78, 5) is 16.4. The maximum atomic E-state index is 12.3. The molecular weight excluding hydrogens is 322 g/mol. The molecule has 3 heterocycles. The van der Waals surface area contributed by atoms with Crippen LogP contribution in [0.15, 0.2) is 12.3 Å². The van der Waals surface area contributed by atoms with Crippen LogP contribution in [0.1, 0.15) is 29.6 Å². The van der Waals surface area contributed by atoms with E-state index in [2.05, 4.69) is 20.0 Å². The summed E-state index contributed by atoms with van der Waals surface area (Å²) >= 11 is 0. The van der Waals surface area contributed by atoms with Crippen LogP contribution in [0.5, 0.6) is 0 Å². The quantitative estimate of drug-likeness (QED) is 0.833. The van der Waals surface area contributed by atoms with E-state index in [0.717, 1.165) is 12.8 Å². The molecule has 3 rings (SSSR count). The number of sulfonamides is 1. The van der Waals surface area contributed by atoms with Crippen LogP contribution in [-0.4, -0.2) is 52.8 Å². The lowest BCUT2D eigenvalue weighted by Gasteiger charge is -2.22. The van der Waals surface area contributed by atoms with E-state index in [4.69, 9.17) is 4.74 Å². The minimum atomic E-state index is -3.79. The first kappa shape index (κ1) is 15.8.